The van der Waals surface area contributed by atoms with Crippen LogP contribution in [0.4, 0.5) is 5.69 Å². The molecule has 0 bridgehead atoms. The van der Waals surface area contributed by atoms with Crippen molar-refractivity contribution in [3.63, 3.8) is 0 Å². The van der Waals surface area contributed by atoms with Crippen LogP contribution in [-0.4, -0.2) is 22.6 Å². The lowest BCUT2D eigenvalue weighted by molar-refractivity contribution is -0.116. The maximum absolute atomic E-state index is 11.9. The Balaban J connectivity index is 1.39. The number of carbonyl (C=O) groups excluding carboxylic acids is 1. The molecule has 136 valence electrons. The van der Waals surface area contributed by atoms with Crippen molar-refractivity contribution in [1.82, 2.24) is 15.5 Å². The number of halogens is 1. The molecule has 2 heterocycles. The Morgan fingerprint density at radius 1 is 1.23 bits per heavy atom. The van der Waals surface area contributed by atoms with Crippen LogP contribution in [0, 0.1) is 6.92 Å². The van der Waals surface area contributed by atoms with Crippen molar-refractivity contribution in [3.8, 4) is 11.5 Å². The van der Waals surface area contributed by atoms with E-state index >= 15 is 0 Å². The number of benzene rings is 1. The number of aromatic amines is 1. The highest BCUT2D eigenvalue weighted by molar-refractivity contribution is 6.30. The van der Waals surface area contributed by atoms with Crippen LogP contribution in [0.5, 0.6) is 0 Å². The number of furan rings is 1. The molecule has 3 rings (SSSR count). The first-order valence-electron chi connectivity index (χ1n) is 8.47. The molecule has 7 heteroatoms. The molecule has 1 aromatic carbocycles. The summed E-state index contributed by atoms with van der Waals surface area (Å²) in [5.41, 5.74) is 2.67. The van der Waals surface area contributed by atoms with Gasteiger partial charge in [-0.15, -0.1) is 0 Å². The zero-order valence-electron chi connectivity index (χ0n) is 14.5. The van der Waals surface area contributed by atoms with E-state index in [-0.39, 0.29) is 5.91 Å². The fourth-order valence-corrected chi connectivity index (χ4v) is 2.71. The predicted molar refractivity (Wildman–Crippen MR) is 102 cm³/mol. The Hall–Kier alpha value is -2.57. The molecule has 1 amide bonds. The largest absolute Gasteiger partial charge is 0.460 e. The Morgan fingerprint density at radius 2 is 2.04 bits per heavy atom. The van der Waals surface area contributed by atoms with Gasteiger partial charge in [0.2, 0.25) is 5.91 Å². The summed E-state index contributed by atoms with van der Waals surface area (Å²) >= 11 is 5.83. The molecule has 6 nitrogen and oxygen atoms in total. The Labute approximate surface area is 156 Å². The van der Waals surface area contributed by atoms with Crippen LogP contribution in [0.15, 0.2) is 47.0 Å². The van der Waals surface area contributed by atoms with Crippen LogP contribution in [0.2, 0.25) is 5.02 Å². The molecule has 26 heavy (non-hydrogen) atoms. The number of H-pyrrole nitrogens is 1. The first kappa shape index (κ1) is 18.2. The minimum Gasteiger partial charge on any atom is -0.460 e. The maximum atomic E-state index is 11.9. The van der Waals surface area contributed by atoms with Crippen molar-refractivity contribution < 1.29 is 9.21 Å². The summed E-state index contributed by atoms with van der Waals surface area (Å²) in [5.74, 6) is 1.63. The van der Waals surface area contributed by atoms with Crippen LogP contribution >= 0.6 is 11.6 Å². The maximum Gasteiger partial charge on any atom is 0.224 e. The van der Waals surface area contributed by atoms with Crippen molar-refractivity contribution in [3.05, 3.63) is 58.9 Å². The standard InChI is InChI=1S/C19H21ClN4O2/c1-13-4-9-17(26-13)19-14(12-22-24-19)11-21-10-2-3-18(25)23-16-7-5-15(20)6-8-16/h4-9,12,21H,2-3,10-11H2,1H3,(H,22,24)(H,23,25). The number of amides is 1. The zero-order valence-corrected chi connectivity index (χ0v) is 15.3. The first-order chi connectivity index (χ1) is 12.6. The number of carbonyl (C=O) groups is 1. The number of aromatic nitrogens is 2. The molecule has 0 aliphatic heterocycles. The van der Waals surface area contributed by atoms with Gasteiger partial charge in [-0.25, -0.2) is 0 Å². The Morgan fingerprint density at radius 3 is 2.77 bits per heavy atom. The van der Waals surface area contributed by atoms with E-state index in [1.807, 2.05) is 19.1 Å². The summed E-state index contributed by atoms with van der Waals surface area (Å²) in [5, 5.41) is 13.9. The van der Waals surface area contributed by atoms with Crippen LogP contribution in [0.3, 0.4) is 0 Å². The number of rotatable bonds is 8. The highest BCUT2D eigenvalue weighted by Gasteiger charge is 2.10. The average molecular weight is 373 g/mol. The van der Waals surface area contributed by atoms with Gasteiger partial charge >= 0.3 is 0 Å². The molecule has 3 aromatic rings. The molecule has 0 aliphatic rings. The molecular formula is C19H21ClN4O2. The predicted octanol–water partition coefficient (Wildman–Crippen LogP) is 4.14. The Kier molecular flexibility index (Phi) is 6.09. The van der Waals surface area contributed by atoms with E-state index in [1.165, 1.54) is 0 Å². The van der Waals surface area contributed by atoms with Gasteiger partial charge in [-0.3, -0.25) is 9.89 Å². The highest BCUT2D eigenvalue weighted by atomic mass is 35.5. The van der Waals surface area contributed by atoms with E-state index in [2.05, 4.69) is 20.8 Å². The lowest BCUT2D eigenvalue weighted by atomic mass is 10.2. The monoisotopic (exact) mass is 372 g/mol. The smallest absolute Gasteiger partial charge is 0.224 e. The molecule has 0 radical (unpaired) electrons. The Bertz CT molecular complexity index is 855. The van der Waals surface area contributed by atoms with Gasteiger partial charge < -0.3 is 15.1 Å². The van der Waals surface area contributed by atoms with Crippen molar-refractivity contribution in [1.29, 1.82) is 0 Å². The fraction of sp³-hybridized carbons (Fsp3) is 0.263. The SMILES string of the molecule is Cc1ccc(-c2[nH]ncc2CNCCCC(=O)Nc2ccc(Cl)cc2)o1. The number of nitrogens with one attached hydrogen (secondary N) is 3. The van der Waals surface area contributed by atoms with Gasteiger partial charge in [0.1, 0.15) is 11.5 Å². The van der Waals surface area contributed by atoms with Crippen molar-refractivity contribution >= 4 is 23.2 Å². The minimum atomic E-state index is -0.0100. The summed E-state index contributed by atoms with van der Waals surface area (Å²) in [4.78, 5) is 11.9. The molecule has 0 atom stereocenters. The van der Waals surface area contributed by atoms with Crippen molar-refractivity contribution in [2.45, 2.75) is 26.3 Å². The number of aryl methyl sites for hydroxylation is 1. The average Bonchev–Trinajstić information content (AvgIpc) is 3.25. The second kappa shape index (κ2) is 8.69. The van der Waals surface area contributed by atoms with E-state index in [0.717, 1.165) is 41.4 Å². The normalized spacial score (nSPS) is 10.8. The van der Waals surface area contributed by atoms with E-state index in [0.29, 0.717) is 18.0 Å². The van der Waals surface area contributed by atoms with Gasteiger partial charge in [-0.1, -0.05) is 11.6 Å². The van der Waals surface area contributed by atoms with Crippen LogP contribution in [0.25, 0.3) is 11.5 Å². The lowest BCUT2D eigenvalue weighted by Gasteiger charge is -2.06. The van der Waals surface area contributed by atoms with Gasteiger partial charge in [0.25, 0.3) is 0 Å². The molecule has 0 saturated carbocycles. The number of nitrogens with zero attached hydrogens (tertiary/aromatic N) is 1. The van der Waals surface area contributed by atoms with Gasteiger partial charge in [0.05, 0.1) is 6.20 Å². The van der Waals surface area contributed by atoms with E-state index in [9.17, 15) is 4.79 Å². The molecule has 0 fully saturated rings. The first-order valence-corrected chi connectivity index (χ1v) is 8.85. The minimum absolute atomic E-state index is 0.0100. The van der Waals surface area contributed by atoms with E-state index in [4.69, 9.17) is 16.0 Å². The lowest BCUT2D eigenvalue weighted by Crippen LogP contribution is -2.18. The third-order valence-electron chi connectivity index (χ3n) is 3.91. The van der Waals surface area contributed by atoms with Crippen molar-refractivity contribution in [2.24, 2.45) is 0 Å². The summed E-state index contributed by atoms with van der Waals surface area (Å²) in [7, 11) is 0. The van der Waals surface area contributed by atoms with Crippen molar-refractivity contribution in [2.75, 3.05) is 11.9 Å². The number of hydrogen-bond donors (Lipinski definition) is 3. The fourth-order valence-electron chi connectivity index (χ4n) is 2.58. The van der Waals surface area contributed by atoms with Crippen LogP contribution < -0.4 is 10.6 Å². The second-order valence-corrected chi connectivity index (χ2v) is 6.45. The summed E-state index contributed by atoms with van der Waals surface area (Å²) < 4.78 is 5.63. The molecule has 3 N–H and O–H groups in total. The summed E-state index contributed by atoms with van der Waals surface area (Å²) in [6.07, 6.45) is 2.98. The third kappa shape index (κ3) is 4.97. The third-order valence-corrected chi connectivity index (χ3v) is 4.16. The van der Waals surface area contributed by atoms with Crippen LogP contribution in [-0.2, 0) is 11.3 Å². The van der Waals surface area contributed by atoms with E-state index in [1.54, 1.807) is 30.5 Å². The van der Waals surface area contributed by atoms with Crippen LogP contribution in [0.1, 0.15) is 24.2 Å². The highest BCUT2D eigenvalue weighted by Crippen LogP contribution is 2.23. The van der Waals surface area contributed by atoms with Gasteiger partial charge in [0, 0.05) is 29.2 Å². The van der Waals surface area contributed by atoms with Gasteiger partial charge in [0.15, 0.2) is 5.76 Å². The quantitative estimate of drug-likeness (QED) is 0.519. The molecule has 0 saturated heterocycles. The number of hydrogen-bond acceptors (Lipinski definition) is 4. The van der Waals surface area contributed by atoms with Gasteiger partial charge in [-0.05, 0) is 56.3 Å². The summed E-state index contributed by atoms with van der Waals surface area (Å²) in [6.45, 7) is 3.30. The summed E-state index contributed by atoms with van der Waals surface area (Å²) in [6, 6.07) is 10.9. The van der Waals surface area contributed by atoms with E-state index < -0.39 is 0 Å². The topological polar surface area (TPSA) is 83.0 Å². The second-order valence-electron chi connectivity index (χ2n) is 6.02. The molecule has 0 aliphatic carbocycles. The zero-order chi connectivity index (χ0) is 18.4. The molecule has 2 aromatic heterocycles. The van der Waals surface area contributed by atoms with Gasteiger partial charge in [-0.2, -0.15) is 5.10 Å². The molecule has 0 spiro atoms. The molecule has 0 unspecified atom stereocenters. The number of anilines is 1. The molecular weight excluding hydrogens is 352 g/mol.